The van der Waals surface area contributed by atoms with E-state index in [4.69, 9.17) is 4.74 Å². The highest BCUT2D eigenvalue weighted by Crippen LogP contribution is 2.40. The van der Waals surface area contributed by atoms with E-state index in [2.05, 4.69) is 5.32 Å². The maximum Gasteiger partial charge on any atom is 0.255 e. The van der Waals surface area contributed by atoms with Gasteiger partial charge in [0, 0.05) is 11.3 Å². The monoisotopic (exact) mass is 378 g/mol. The number of amides is 3. The molecule has 1 saturated heterocycles. The Morgan fingerprint density at radius 1 is 1.00 bits per heavy atom. The van der Waals surface area contributed by atoms with E-state index in [0.717, 1.165) is 25.7 Å². The second-order valence-corrected chi connectivity index (χ2v) is 7.24. The lowest BCUT2D eigenvalue weighted by molar-refractivity contribution is -0.122. The Bertz CT molecular complexity index is 898. The molecule has 6 heteroatoms. The van der Waals surface area contributed by atoms with Crippen molar-refractivity contribution in [3.8, 4) is 5.75 Å². The molecule has 1 saturated carbocycles. The summed E-state index contributed by atoms with van der Waals surface area (Å²) in [6.07, 6.45) is 3.50. The molecular weight excluding hydrogens is 356 g/mol. The van der Waals surface area contributed by atoms with E-state index < -0.39 is 0 Å². The van der Waals surface area contributed by atoms with Crippen molar-refractivity contribution in [2.24, 2.45) is 11.8 Å². The second-order valence-electron chi connectivity index (χ2n) is 7.24. The molecule has 6 nitrogen and oxygen atoms in total. The first-order valence-corrected chi connectivity index (χ1v) is 9.52. The number of hydrogen-bond donors (Lipinski definition) is 1. The number of methoxy groups -OCH3 is 1. The summed E-state index contributed by atoms with van der Waals surface area (Å²) in [6.45, 7) is 0. The highest BCUT2D eigenvalue weighted by atomic mass is 16.5. The maximum absolute atomic E-state index is 12.8. The number of nitrogens with one attached hydrogen (secondary N) is 1. The summed E-state index contributed by atoms with van der Waals surface area (Å²) in [4.78, 5) is 39.4. The van der Waals surface area contributed by atoms with Crippen molar-refractivity contribution in [2.75, 3.05) is 17.3 Å². The third-order valence-corrected chi connectivity index (χ3v) is 5.56. The molecule has 0 unspecified atom stereocenters. The standard InChI is InChI=1S/C22H22N2O4/c1-28-17-11-9-15(10-12-17)23-20(25)14-5-4-6-16(13-14)24-21(26)18-7-2-3-8-19(18)22(24)27/h4-6,9-13,18-19H,2-3,7-8H2,1H3,(H,23,25)/t18-,19-/m0/s1. The Hall–Kier alpha value is -3.15. The molecule has 1 aliphatic carbocycles. The Morgan fingerprint density at radius 3 is 2.25 bits per heavy atom. The van der Waals surface area contributed by atoms with E-state index in [0.29, 0.717) is 22.7 Å². The first kappa shape index (κ1) is 18.2. The smallest absolute Gasteiger partial charge is 0.255 e. The molecular formula is C22H22N2O4. The van der Waals surface area contributed by atoms with Crippen LogP contribution in [0.1, 0.15) is 36.0 Å². The largest absolute Gasteiger partial charge is 0.497 e. The molecule has 3 amide bonds. The molecule has 0 bridgehead atoms. The minimum Gasteiger partial charge on any atom is -0.497 e. The predicted octanol–water partition coefficient (Wildman–Crippen LogP) is 3.63. The van der Waals surface area contributed by atoms with Crippen molar-refractivity contribution in [3.05, 3.63) is 54.1 Å². The summed E-state index contributed by atoms with van der Waals surface area (Å²) >= 11 is 0. The van der Waals surface area contributed by atoms with Gasteiger partial charge in [0.1, 0.15) is 5.75 Å². The molecule has 144 valence electrons. The molecule has 2 aromatic carbocycles. The van der Waals surface area contributed by atoms with Crippen LogP contribution in [0.25, 0.3) is 0 Å². The van der Waals surface area contributed by atoms with E-state index in [9.17, 15) is 14.4 Å². The molecule has 2 atom stereocenters. The summed E-state index contributed by atoms with van der Waals surface area (Å²) in [7, 11) is 1.58. The number of benzene rings is 2. The van der Waals surface area contributed by atoms with Gasteiger partial charge < -0.3 is 10.1 Å². The SMILES string of the molecule is COc1ccc(NC(=O)c2cccc(N3C(=O)[C@H]4CCCC[C@@H]4C3=O)c2)cc1. The van der Waals surface area contributed by atoms with Crippen LogP contribution in [0.15, 0.2) is 48.5 Å². The first-order valence-electron chi connectivity index (χ1n) is 9.52. The summed E-state index contributed by atoms with van der Waals surface area (Å²) in [5.41, 5.74) is 1.49. The normalized spacial score (nSPS) is 21.4. The molecule has 0 radical (unpaired) electrons. The number of ether oxygens (including phenoxy) is 1. The number of nitrogens with zero attached hydrogens (tertiary/aromatic N) is 1. The van der Waals surface area contributed by atoms with Crippen LogP contribution in [0, 0.1) is 11.8 Å². The molecule has 4 rings (SSSR count). The fraction of sp³-hybridized carbons (Fsp3) is 0.318. The Labute approximate surface area is 163 Å². The van der Waals surface area contributed by atoms with Gasteiger partial charge in [-0.2, -0.15) is 0 Å². The Kier molecular flexibility index (Phi) is 4.86. The van der Waals surface area contributed by atoms with E-state index in [1.54, 1.807) is 55.6 Å². The lowest BCUT2D eigenvalue weighted by Gasteiger charge is -2.19. The van der Waals surface area contributed by atoms with Crippen molar-refractivity contribution in [3.63, 3.8) is 0 Å². The quantitative estimate of drug-likeness (QED) is 0.825. The lowest BCUT2D eigenvalue weighted by atomic mass is 9.81. The van der Waals surface area contributed by atoms with E-state index in [1.165, 1.54) is 4.90 Å². The van der Waals surface area contributed by atoms with Gasteiger partial charge >= 0.3 is 0 Å². The van der Waals surface area contributed by atoms with Gasteiger partial charge in [-0.3, -0.25) is 19.3 Å². The van der Waals surface area contributed by atoms with Crippen molar-refractivity contribution in [1.82, 2.24) is 0 Å². The zero-order chi connectivity index (χ0) is 19.7. The molecule has 2 aromatic rings. The van der Waals surface area contributed by atoms with Gasteiger partial charge in [-0.15, -0.1) is 0 Å². The Balaban J connectivity index is 1.54. The number of carbonyl (C=O) groups excluding carboxylic acids is 3. The Morgan fingerprint density at radius 2 is 1.64 bits per heavy atom. The molecule has 0 aromatic heterocycles. The summed E-state index contributed by atoms with van der Waals surface area (Å²) in [5.74, 6) is -0.295. The van der Waals surface area contributed by atoms with E-state index >= 15 is 0 Å². The first-order chi connectivity index (χ1) is 13.6. The van der Waals surface area contributed by atoms with Crippen LogP contribution in [0.5, 0.6) is 5.75 Å². The number of anilines is 2. The van der Waals surface area contributed by atoms with E-state index in [1.807, 2.05) is 0 Å². The van der Waals surface area contributed by atoms with E-state index in [-0.39, 0.29) is 29.6 Å². The van der Waals surface area contributed by atoms with Gasteiger partial charge in [-0.1, -0.05) is 18.9 Å². The minimum atomic E-state index is -0.302. The number of hydrogen-bond acceptors (Lipinski definition) is 4. The van der Waals surface area contributed by atoms with Crippen LogP contribution in [-0.2, 0) is 9.59 Å². The molecule has 2 aliphatic rings. The van der Waals surface area contributed by atoms with Gasteiger partial charge in [-0.25, -0.2) is 0 Å². The van der Waals surface area contributed by atoms with Gasteiger partial charge in [-0.05, 0) is 55.3 Å². The molecule has 2 fully saturated rings. The lowest BCUT2D eigenvalue weighted by Crippen LogP contribution is -2.31. The van der Waals surface area contributed by atoms with Crippen molar-refractivity contribution >= 4 is 29.1 Å². The minimum absolute atomic E-state index is 0.137. The van der Waals surface area contributed by atoms with Crippen molar-refractivity contribution in [1.29, 1.82) is 0 Å². The highest BCUT2D eigenvalue weighted by Gasteiger charge is 2.48. The van der Waals surface area contributed by atoms with Crippen LogP contribution >= 0.6 is 0 Å². The fourth-order valence-electron chi connectivity index (χ4n) is 4.08. The number of carbonyl (C=O) groups is 3. The highest BCUT2D eigenvalue weighted by molar-refractivity contribution is 6.22. The molecule has 0 spiro atoms. The van der Waals surface area contributed by atoms with Crippen molar-refractivity contribution in [2.45, 2.75) is 25.7 Å². The topological polar surface area (TPSA) is 75.7 Å². The van der Waals surface area contributed by atoms with Crippen molar-refractivity contribution < 1.29 is 19.1 Å². The van der Waals surface area contributed by atoms with Crippen LogP contribution in [0.2, 0.25) is 0 Å². The average Bonchev–Trinajstić information content (AvgIpc) is 2.99. The third kappa shape index (κ3) is 3.26. The summed E-state index contributed by atoms with van der Waals surface area (Å²) in [5, 5.41) is 2.82. The second kappa shape index (κ2) is 7.46. The van der Waals surface area contributed by atoms with Gasteiger partial charge in [0.2, 0.25) is 11.8 Å². The average molecular weight is 378 g/mol. The predicted molar refractivity (Wildman–Crippen MR) is 105 cm³/mol. The maximum atomic E-state index is 12.8. The van der Waals surface area contributed by atoms with Gasteiger partial charge in [0.15, 0.2) is 0 Å². The third-order valence-electron chi connectivity index (χ3n) is 5.56. The fourth-order valence-corrected chi connectivity index (χ4v) is 4.08. The van der Waals surface area contributed by atoms with Crippen LogP contribution in [0.3, 0.4) is 0 Å². The van der Waals surface area contributed by atoms with Crippen LogP contribution < -0.4 is 15.0 Å². The summed E-state index contributed by atoms with van der Waals surface area (Å²) < 4.78 is 5.11. The van der Waals surface area contributed by atoms with Crippen LogP contribution in [0.4, 0.5) is 11.4 Å². The molecule has 1 aliphatic heterocycles. The van der Waals surface area contributed by atoms with Gasteiger partial charge in [0.25, 0.3) is 5.91 Å². The zero-order valence-electron chi connectivity index (χ0n) is 15.7. The molecule has 28 heavy (non-hydrogen) atoms. The summed E-state index contributed by atoms with van der Waals surface area (Å²) in [6, 6.07) is 13.7. The van der Waals surface area contributed by atoms with Crippen LogP contribution in [-0.4, -0.2) is 24.8 Å². The number of imide groups is 1. The zero-order valence-corrected chi connectivity index (χ0v) is 15.7. The molecule has 1 heterocycles. The molecule has 1 N–H and O–H groups in total. The number of fused-ring (bicyclic) bond motifs is 1. The number of rotatable bonds is 4. The van der Waals surface area contributed by atoms with Gasteiger partial charge in [0.05, 0.1) is 24.6 Å².